The van der Waals surface area contributed by atoms with E-state index in [2.05, 4.69) is 32.3 Å². The highest BCUT2D eigenvalue weighted by molar-refractivity contribution is 5.77. The summed E-state index contributed by atoms with van der Waals surface area (Å²) in [5.74, 6) is 3.16. The van der Waals surface area contributed by atoms with Gasteiger partial charge in [-0.15, -0.1) is 0 Å². The Kier molecular flexibility index (Phi) is 18.1. The van der Waals surface area contributed by atoms with Crippen molar-refractivity contribution in [1.29, 1.82) is 0 Å². The molecule has 16 heteroatoms. The molecule has 0 aromatic heterocycles. The van der Waals surface area contributed by atoms with Gasteiger partial charge >= 0.3 is 11.9 Å². The van der Waals surface area contributed by atoms with Crippen molar-refractivity contribution in [3.63, 3.8) is 0 Å². The van der Waals surface area contributed by atoms with Gasteiger partial charge in [-0.25, -0.2) is 0 Å². The number of aliphatic hydroxyl groups excluding tert-OH is 3. The van der Waals surface area contributed by atoms with Gasteiger partial charge in [0.05, 0.1) is 141 Å². The molecule has 0 saturated carbocycles. The van der Waals surface area contributed by atoms with E-state index in [1.165, 1.54) is 18.2 Å². The molecule has 6 rings (SSSR count). The molecular formula is C53H72N2O14+2. The van der Waals surface area contributed by atoms with Crippen molar-refractivity contribution in [2.75, 3.05) is 103 Å². The lowest BCUT2D eigenvalue weighted by Gasteiger charge is -2.47. The van der Waals surface area contributed by atoms with Crippen molar-refractivity contribution in [2.24, 2.45) is 0 Å². The number of rotatable bonds is 24. The maximum absolute atomic E-state index is 13.0. The lowest BCUT2D eigenvalue weighted by Crippen LogP contribution is -2.52. The summed E-state index contributed by atoms with van der Waals surface area (Å²) in [4.78, 5) is 25.9. The smallest absolute Gasteiger partial charge is 0.306 e. The van der Waals surface area contributed by atoms with E-state index in [9.17, 15) is 24.9 Å². The molecule has 0 aliphatic carbocycles. The maximum atomic E-state index is 13.0. The molecule has 0 radical (unpaired) electrons. The summed E-state index contributed by atoms with van der Waals surface area (Å²) in [6.45, 7) is 2.39. The average molecular weight is 961 g/mol. The molecule has 4 unspecified atom stereocenters. The summed E-state index contributed by atoms with van der Waals surface area (Å²) >= 11 is 0. The number of carbonyl (C=O) groups excluding carboxylic acids is 2. The zero-order chi connectivity index (χ0) is 49.9. The van der Waals surface area contributed by atoms with Crippen LogP contribution in [0.15, 0.2) is 48.5 Å². The number of carbonyl (C=O) groups is 2. The molecule has 4 aromatic carbocycles. The Morgan fingerprint density at radius 2 is 1.14 bits per heavy atom. The minimum Gasteiger partial charge on any atom is -0.496 e. The second kappa shape index (κ2) is 23.7. The fourth-order valence-electron chi connectivity index (χ4n) is 10.5. The fraction of sp³-hybridized carbons (Fsp3) is 0.509. The largest absolute Gasteiger partial charge is 0.496 e. The van der Waals surface area contributed by atoms with Gasteiger partial charge < -0.3 is 66.9 Å². The summed E-state index contributed by atoms with van der Waals surface area (Å²) in [5, 5.41) is 31.1. The van der Waals surface area contributed by atoms with Gasteiger partial charge in [0.2, 0.25) is 0 Å². The number of ether oxygens (including phenoxy) is 9. The normalized spacial score (nSPS) is 19.4. The number of likely N-dealkylation sites (N-methyl/N-ethyl adjacent to an activating group) is 2. The average Bonchev–Trinajstić information content (AvgIpc) is 3.37. The highest BCUT2D eigenvalue weighted by Crippen LogP contribution is 2.49. The maximum Gasteiger partial charge on any atom is 0.306 e. The molecule has 2 aliphatic heterocycles. The fourth-order valence-corrected chi connectivity index (χ4v) is 10.5. The second-order valence-electron chi connectivity index (χ2n) is 18.2. The van der Waals surface area contributed by atoms with Gasteiger partial charge in [0, 0.05) is 54.4 Å². The van der Waals surface area contributed by atoms with Crippen LogP contribution in [0.1, 0.15) is 87.8 Å². The number of aliphatic hydroxyl groups is 3. The van der Waals surface area contributed by atoms with Crippen LogP contribution in [0.4, 0.5) is 0 Å². The number of esters is 2. The van der Waals surface area contributed by atoms with E-state index in [-0.39, 0.29) is 58.0 Å². The van der Waals surface area contributed by atoms with Crippen LogP contribution in [0, 0.1) is 0 Å². The summed E-state index contributed by atoms with van der Waals surface area (Å²) < 4.78 is 52.4. The van der Waals surface area contributed by atoms with Crippen LogP contribution in [0.3, 0.4) is 0 Å². The van der Waals surface area contributed by atoms with Crippen molar-refractivity contribution in [3.05, 3.63) is 98.6 Å². The van der Waals surface area contributed by atoms with Crippen LogP contribution in [0.5, 0.6) is 40.2 Å². The Balaban J connectivity index is 1.06. The minimum atomic E-state index is -0.483. The standard InChI is InChI=1S/C53H72N2O14/c1-54(20-16-35-28-45(63-5)46(64-6)30-40(35)42(54)24-34-12-13-43(61-3)44(25-34)62-4)18-10-22-68-48(59)14-15-49(60)69-23-11-19-55(2)21-17-36-26-38(31-56)41(33-58)53(67-9)50(36)51(55)37-27-39(32-57)52(66-8)47(29-37)65-7/h12-13,25-30,42,51,56-58H,10-11,14-24,31-33H2,1-9H3/q+2. The molecule has 3 N–H and O–H groups in total. The van der Waals surface area contributed by atoms with Crippen LogP contribution in [-0.4, -0.2) is 139 Å². The molecule has 4 aromatic rings. The monoisotopic (exact) mass is 960 g/mol. The molecule has 0 fully saturated rings. The second-order valence-corrected chi connectivity index (χ2v) is 18.2. The first kappa shape index (κ1) is 52.6. The lowest BCUT2D eigenvalue weighted by atomic mass is 9.82. The Morgan fingerprint density at radius 1 is 0.580 bits per heavy atom. The first-order valence-electron chi connectivity index (χ1n) is 23.5. The van der Waals surface area contributed by atoms with Crippen molar-refractivity contribution in [3.8, 4) is 40.2 Å². The molecule has 4 atom stereocenters. The number of benzene rings is 4. The molecule has 0 saturated heterocycles. The van der Waals surface area contributed by atoms with Gasteiger partial charge in [0.15, 0.2) is 34.5 Å². The predicted octanol–water partition coefficient (Wildman–Crippen LogP) is 5.95. The molecule has 2 heterocycles. The zero-order valence-corrected chi connectivity index (χ0v) is 41.8. The summed E-state index contributed by atoms with van der Waals surface area (Å²) in [7, 11) is 15.5. The molecular weight excluding hydrogens is 889 g/mol. The number of methoxy groups -OCH3 is 7. The Bertz CT molecular complexity index is 2400. The Hall–Kier alpha value is -5.78. The predicted molar refractivity (Wildman–Crippen MR) is 257 cm³/mol. The van der Waals surface area contributed by atoms with Gasteiger partial charge in [-0.3, -0.25) is 9.59 Å². The molecule has 16 nitrogen and oxygen atoms in total. The van der Waals surface area contributed by atoms with Crippen LogP contribution in [0.2, 0.25) is 0 Å². The zero-order valence-electron chi connectivity index (χ0n) is 41.8. The van der Waals surface area contributed by atoms with Gasteiger partial charge in [-0.05, 0) is 58.7 Å². The third-order valence-corrected chi connectivity index (χ3v) is 14.2. The number of hydrogen-bond donors (Lipinski definition) is 3. The van der Waals surface area contributed by atoms with Gasteiger partial charge in [0.1, 0.15) is 17.8 Å². The molecule has 0 bridgehead atoms. The number of quaternary nitrogens is 2. The van der Waals surface area contributed by atoms with Crippen molar-refractivity contribution >= 4 is 11.9 Å². The molecule has 2 aliphatic rings. The number of fused-ring (bicyclic) bond motifs is 2. The van der Waals surface area contributed by atoms with E-state index in [4.69, 9.17) is 42.6 Å². The third-order valence-electron chi connectivity index (χ3n) is 14.2. The third kappa shape index (κ3) is 11.5. The summed E-state index contributed by atoms with van der Waals surface area (Å²) in [6.07, 6.45) is 3.18. The first-order chi connectivity index (χ1) is 33.3. The van der Waals surface area contributed by atoms with Gasteiger partial charge in [0.25, 0.3) is 0 Å². The molecule has 0 spiro atoms. The van der Waals surface area contributed by atoms with Crippen LogP contribution in [0.25, 0.3) is 0 Å². The Labute approximate surface area is 406 Å². The van der Waals surface area contributed by atoms with Crippen molar-refractivity contribution in [1.82, 2.24) is 0 Å². The van der Waals surface area contributed by atoms with E-state index in [0.29, 0.717) is 98.3 Å². The van der Waals surface area contributed by atoms with E-state index < -0.39 is 11.9 Å². The highest BCUT2D eigenvalue weighted by Gasteiger charge is 2.44. The van der Waals surface area contributed by atoms with E-state index in [1.54, 1.807) is 42.7 Å². The topological polar surface area (TPSA) is 178 Å². The first-order valence-corrected chi connectivity index (χ1v) is 23.5. The summed E-state index contributed by atoms with van der Waals surface area (Å²) in [5.41, 5.74) is 7.85. The van der Waals surface area contributed by atoms with Gasteiger partial charge in [-0.1, -0.05) is 12.1 Å². The Morgan fingerprint density at radius 3 is 1.72 bits per heavy atom. The van der Waals surface area contributed by atoms with Crippen LogP contribution in [-0.2, 0) is 58.1 Å². The van der Waals surface area contributed by atoms with E-state index >= 15 is 0 Å². The minimum absolute atomic E-state index is 0.0606. The molecule has 376 valence electrons. The van der Waals surface area contributed by atoms with Crippen molar-refractivity contribution in [2.45, 2.75) is 76.9 Å². The molecule has 69 heavy (non-hydrogen) atoms. The van der Waals surface area contributed by atoms with E-state index in [1.807, 2.05) is 30.3 Å². The SMILES string of the molecule is COc1ccc(CC2c3cc(OC)c(OC)cc3CC[N+]2(C)CCCOC(=O)CCC(=O)OCCC[N+]2(C)CCc3cc(CO)c(CO)c(OC)c3C2c2cc(CO)c(OC)c(OC)c2)cc1OC. The van der Waals surface area contributed by atoms with Crippen molar-refractivity contribution < 1.29 is 76.5 Å². The van der Waals surface area contributed by atoms with Gasteiger partial charge in [-0.2, -0.15) is 0 Å². The van der Waals surface area contributed by atoms with Crippen LogP contribution >= 0.6 is 0 Å². The van der Waals surface area contributed by atoms with Crippen LogP contribution < -0.4 is 33.2 Å². The number of nitrogens with zero attached hydrogens (tertiary/aromatic N) is 2. The molecule has 0 amide bonds. The highest BCUT2D eigenvalue weighted by atomic mass is 16.5. The lowest BCUT2D eigenvalue weighted by molar-refractivity contribution is -0.941. The number of hydrogen-bond acceptors (Lipinski definition) is 14. The van der Waals surface area contributed by atoms with E-state index in [0.717, 1.165) is 48.2 Å². The quantitative estimate of drug-likeness (QED) is 0.0427. The summed E-state index contributed by atoms with van der Waals surface area (Å²) in [6, 6.07) is 15.6.